The number of sulfonamides is 1. The molecule has 0 atom stereocenters. The van der Waals surface area contributed by atoms with Gasteiger partial charge in [0.05, 0.1) is 22.5 Å². The Morgan fingerprint density at radius 2 is 2.22 bits per heavy atom. The van der Waals surface area contributed by atoms with E-state index in [1.54, 1.807) is 30.5 Å². The molecule has 1 saturated carbocycles. The third-order valence-electron chi connectivity index (χ3n) is 3.85. The number of fused-ring (bicyclic) bond motifs is 1. The van der Waals surface area contributed by atoms with Crippen molar-refractivity contribution < 1.29 is 8.42 Å². The van der Waals surface area contributed by atoms with Crippen LogP contribution in [0.1, 0.15) is 30.0 Å². The average Bonchev–Trinajstić information content (AvgIpc) is 3.10. The summed E-state index contributed by atoms with van der Waals surface area (Å²) in [6, 6.07) is 8.90. The van der Waals surface area contributed by atoms with Crippen molar-refractivity contribution in [3.63, 3.8) is 0 Å². The summed E-state index contributed by atoms with van der Waals surface area (Å²) in [5.41, 5.74) is 2.36. The van der Waals surface area contributed by atoms with Gasteiger partial charge < -0.3 is 4.98 Å². The first-order valence-electron chi connectivity index (χ1n) is 7.08. The predicted molar refractivity (Wildman–Crippen MR) is 87.9 cm³/mol. The van der Waals surface area contributed by atoms with Crippen LogP contribution >= 0.6 is 11.5 Å². The summed E-state index contributed by atoms with van der Waals surface area (Å²) in [5.74, 6) is 0.417. The summed E-state index contributed by atoms with van der Waals surface area (Å²) in [4.78, 5) is 2.95. The fourth-order valence-corrected chi connectivity index (χ4v) is 4.53. The topological polar surface area (TPSA) is 98.6 Å². The van der Waals surface area contributed by atoms with E-state index in [1.807, 2.05) is 0 Å². The molecular weight excluding hydrogens is 332 g/mol. The van der Waals surface area contributed by atoms with Gasteiger partial charge in [-0.05, 0) is 36.5 Å². The number of rotatable bonds is 4. The van der Waals surface area contributed by atoms with Gasteiger partial charge in [0.25, 0.3) is 10.0 Å². The van der Waals surface area contributed by atoms with Crippen LogP contribution in [0.2, 0.25) is 0 Å². The molecule has 116 valence electrons. The minimum atomic E-state index is -3.68. The fourth-order valence-electron chi connectivity index (χ4n) is 2.50. The number of nitriles is 1. The van der Waals surface area contributed by atoms with E-state index in [4.69, 9.17) is 5.26 Å². The number of hydrogen-bond acceptors (Lipinski definition) is 5. The Hall–Kier alpha value is -2.37. The Bertz CT molecular complexity index is 1040. The van der Waals surface area contributed by atoms with Crippen LogP contribution in [-0.4, -0.2) is 17.8 Å². The van der Waals surface area contributed by atoms with Crippen LogP contribution in [0.5, 0.6) is 0 Å². The monoisotopic (exact) mass is 344 g/mol. The zero-order chi connectivity index (χ0) is 16.0. The molecule has 23 heavy (non-hydrogen) atoms. The van der Waals surface area contributed by atoms with Crippen LogP contribution in [-0.2, 0) is 10.0 Å². The van der Waals surface area contributed by atoms with Crippen LogP contribution in [0.15, 0.2) is 34.7 Å². The van der Waals surface area contributed by atoms with Gasteiger partial charge in [0, 0.05) is 17.5 Å². The quantitative estimate of drug-likeness (QED) is 0.759. The zero-order valence-electron chi connectivity index (χ0n) is 11.9. The third-order valence-corrected chi connectivity index (χ3v) is 6.47. The van der Waals surface area contributed by atoms with Crippen molar-refractivity contribution in [1.29, 1.82) is 5.26 Å². The lowest BCUT2D eigenvalue weighted by Crippen LogP contribution is -2.11. The van der Waals surface area contributed by atoms with E-state index >= 15 is 0 Å². The maximum atomic E-state index is 12.6. The minimum absolute atomic E-state index is 0.212. The van der Waals surface area contributed by atoms with Crippen LogP contribution in [0.25, 0.3) is 10.9 Å². The van der Waals surface area contributed by atoms with Crippen molar-refractivity contribution in [3.05, 3.63) is 41.7 Å². The van der Waals surface area contributed by atoms with Gasteiger partial charge >= 0.3 is 0 Å². The molecule has 3 aromatic rings. The Balaban J connectivity index is 1.71. The lowest BCUT2D eigenvalue weighted by atomic mass is 10.2. The summed E-state index contributed by atoms with van der Waals surface area (Å²) in [5, 5.41) is 9.76. The number of aromatic amines is 1. The Labute approximate surface area is 137 Å². The molecule has 2 heterocycles. The molecule has 0 bridgehead atoms. The second-order valence-corrected chi connectivity index (χ2v) is 8.21. The first kappa shape index (κ1) is 14.2. The average molecular weight is 344 g/mol. The molecule has 8 heteroatoms. The number of para-hydroxylation sites is 1. The SMILES string of the molecule is N#Cc1c[nH]c2c(NS(=O)(=O)c3cc(C4CC4)ns3)cccc12. The van der Waals surface area contributed by atoms with Gasteiger partial charge in [-0.3, -0.25) is 4.72 Å². The number of nitrogens with zero attached hydrogens (tertiary/aromatic N) is 2. The molecular formula is C15H12N4O2S2. The molecule has 4 rings (SSSR count). The maximum absolute atomic E-state index is 12.6. The molecule has 0 aliphatic heterocycles. The Morgan fingerprint density at radius 3 is 2.96 bits per heavy atom. The van der Waals surface area contributed by atoms with Gasteiger partial charge in [-0.1, -0.05) is 12.1 Å². The van der Waals surface area contributed by atoms with Gasteiger partial charge in [-0.2, -0.15) is 9.64 Å². The molecule has 6 nitrogen and oxygen atoms in total. The highest BCUT2D eigenvalue weighted by Crippen LogP contribution is 2.41. The number of nitrogens with one attached hydrogen (secondary N) is 2. The highest BCUT2D eigenvalue weighted by molar-refractivity contribution is 7.94. The second-order valence-electron chi connectivity index (χ2n) is 5.49. The van der Waals surface area contributed by atoms with Crippen LogP contribution in [0.4, 0.5) is 5.69 Å². The standard InChI is InChI=1S/C15H12N4O2S2/c16-7-10-8-17-15-11(10)2-1-3-12(15)19-23(20,21)14-6-13(18-22-14)9-4-5-9/h1-3,6,8-9,17,19H,4-5H2. The first-order chi connectivity index (χ1) is 11.1. The molecule has 0 saturated heterocycles. The van der Waals surface area contributed by atoms with Crippen molar-refractivity contribution in [2.45, 2.75) is 23.0 Å². The number of benzene rings is 1. The fraction of sp³-hybridized carbons (Fsp3) is 0.200. The van der Waals surface area contributed by atoms with Crippen molar-refractivity contribution in [3.8, 4) is 6.07 Å². The first-order valence-corrected chi connectivity index (χ1v) is 9.34. The van der Waals surface area contributed by atoms with Crippen LogP contribution < -0.4 is 4.72 Å². The normalized spacial score (nSPS) is 14.7. The van der Waals surface area contributed by atoms with Crippen LogP contribution in [0, 0.1) is 11.3 Å². The molecule has 0 radical (unpaired) electrons. The highest BCUT2D eigenvalue weighted by atomic mass is 32.2. The lowest BCUT2D eigenvalue weighted by molar-refractivity contribution is 0.603. The minimum Gasteiger partial charge on any atom is -0.358 e. The summed E-state index contributed by atoms with van der Waals surface area (Å²) in [7, 11) is -3.68. The van der Waals surface area contributed by atoms with Crippen molar-refractivity contribution >= 4 is 38.1 Å². The van der Waals surface area contributed by atoms with E-state index in [1.165, 1.54) is 0 Å². The summed E-state index contributed by atoms with van der Waals surface area (Å²) < 4.78 is 32.2. The number of hydrogen-bond donors (Lipinski definition) is 2. The van der Waals surface area contributed by atoms with Gasteiger partial charge in [0.15, 0.2) is 4.21 Å². The molecule has 1 aromatic carbocycles. The largest absolute Gasteiger partial charge is 0.358 e. The Kier molecular flexibility index (Phi) is 3.14. The van der Waals surface area contributed by atoms with Crippen molar-refractivity contribution in [2.24, 2.45) is 0 Å². The second kappa shape index (κ2) is 5.08. The van der Waals surface area contributed by atoms with E-state index in [9.17, 15) is 8.42 Å². The smallest absolute Gasteiger partial charge is 0.273 e. The third kappa shape index (κ3) is 2.48. The van der Waals surface area contributed by atoms with E-state index in [-0.39, 0.29) is 4.21 Å². The maximum Gasteiger partial charge on any atom is 0.273 e. The highest BCUT2D eigenvalue weighted by Gasteiger charge is 2.28. The number of H-pyrrole nitrogens is 1. The molecule has 0 unspecified atom stereocenters. The molecule has 0 amide bonds. The van der Waals surface area contributed by atoms with Crippen molar-refractivity contribution in [1.82, 2.24) is 9.36 Å². The number of aromatic nitrogens is 2. The Morgan fingerprint density at radius 1 is 1.39 bits per heavy atom. The predicted octanol–water partition coefficient (Wildman–Crippen LogP) is 3.17. The molecule has 0 spiro atoms. The van der Waals surface area contributed by atoms with E-state index in [2.05, 4.69) is 20.1 Å². The molecule has 1 fully saturated rings. The van der Waals surface area contributed by atoms with Gasteiger partial charge in [-0.25, -0.2) is 8.42 Å². The van der Waals surface area contributed by atoms with E-state index in [0.29, 0.717) is 28.1 Å². The van der Waals surface area contributed by atoms with Crippen LogP contribution in [0.3, 0.4) is 0 Å². The summed E-state index contributed by atoms with van der Waals surface area (Å²) in [6.45, 7) is 0. The molecule has 1 aliphatic rings. The zero-order valence-corrected chi connectivity index (χ0v) is 13.5. The van der Waals surface area contributed by atoms with Gasteiger partial charge in [0.2, 0.25) is 0 Å². The van der Waals surface area contributed by atoms with Crippen molar-refractivity contribution in [2.75, 3.05) is 4.72 Å². The van der Waals surface area contributed by atoms with E-state index < -0.39 is 10.0 Å². The lowest BCUT2D eigenvalue weighted by Gasteiger charge is -2.07. The van der Waals surface area contributed by atoms with E-state index in [0.717, 1.165) is 30.1 Å². The number of anilines is 1. The van der Waals surface area contributed by atoms with Gasteiger partial charge in [0.1, 0.15) is 6.07 Å². The molecule has 2 aromatic heterocycles. The van der Waals surface area contributed by atoms with Gasteiger partial charge in [-0.15, -0.1) is 0 Å². The molecule has 2 N–H and O–H groups in total. The summed E-state index contributed by atoms with van der Waals surface area (Å²) >= 11 is 0.996. The summed E-state index contributed by atoms with van der Waals surface area (Å²) in [6.07, 6.45) is 3.73. The molecule has 1 aliphatic carbocycles.